The second kappa shape index (κ2) is 5.64. The van der Waals surface area contributed by atoms with Crippen molar-refractivity contribution in [1.82, 2.24) is 10.8 Å². The number of benzene rings is 1. The molecule has 0 saturated carbocycles. The summed E-state index contributed by atoms with van der Waals surface area (Å²) in [6.07, 6.45) is -1.06. The number of hydrogen-bond acceptors (Lipinski definition) is 4. The van der Waals surface area contributed by atoms with Crippen LogP contribution >= 0.6 is 23.2 Å². The maximum Gasteiger partial charge on any atom is 0.267 e. The molecule has 1 aliphatic heterocycles. The number of hydroxylamine groups is 1. The van der Waals surface area contributed by atoms with Gasteiger partial charge in [-0.05, 0) is 12.1 Å². The third-order valence-electron chi connectivity index (χ3n) is 2.60. The molecule has 19 heavy (non-hydrogen) atoms. The SMILES string of the molecule is O=C1NCC(O)C1C(=O)NOc1ccc(Cl)c(Cl)c1. The zero-order chi connectivity index (χ0) is 14.0. The summed E-state index contributed by atoms with van der Waals surface area (Å²) in [6, 6.07) is 4.41. The molecule has 1 heterocycles. The van der Waals surface area contributed by atoms with Crippen molar-refractivity contribution in [1.29, 1.82) is 0 Å². The fourth-order valence-electron chi connectivity index (χ4n) is 1.61. The molecule has 102 valence electrons. The fourth-order valence-corrected chi connectivity index (χ4v) is 1.90. The Balaban J connectivity index is 1.96. The normalized spacial score (nSPS) is 21.9. The number of halogens is 2. The number of carbonyl (C=O) groups excluding carboxylic acids is 2. The van der Waals surface area contributed by atoms with Gasteiger partial charge in [-0.2, -0.15) is 5.48 Å². The van der Waals surface area contributed by atoms with E-state index in [4.69, 9.17) is 28.0 Å². The van der Waals surface area contributed by atoms with Crippen molar-refractivity contribution in [2.75, 3.05) is 6.54 Å². The van der Waals surface area contributed by atoms with E-state index in [2.05, 4.69) is 10.8 Å². The van der Waals surface area contributed by atoms with Crippen LogP contribution in [0.25, 0.3) is 0 Å². The van der Waals surface area contributed by atoms with Gasteiger partial charge < -0.3 is 15.3 Å². The van der Waals surface area contributed by atoms with Crippen molar-refractivity contribution < 1.29 is 19.5 Å². The van der Waals surface area contributed by atoms with E-state index < -0.39 is 23.8 Å². The molecule has 3 N–H and O–H groups in total. The largest absolute Gasteiger partial charge is 0.390 e. The highest BCUT2D eigenvalue weighted by molar-refractivity contribution is 6.42. The van der Waals surface area contributed by atoms with Crippen molar-refractivity contribution in [2.45, 2.75) is 6.10 Å². The van der Waals surface area contributed by atoms with Gasteiger partial charge in [-0.3, -0.25) is 9.59 Å². The maximum atomic E-state index is 11.7. The lowest BCUT2D eigenvalue weighted by molar-refractivity contribution is -0.140. The standard InChI is InChI=1S/C11H10Cl2N2O4/c12-6-2-1-5(3-7(6)13)19-15-11(18)9-8(16)4-14-10(9)17/h1-3,8-9,16H,4H2,(H,14,17)(H,15,18). The minimum absolute atomic E-state index is 0.0453. The molecule has 0 radical (unpaired) electrons. The molecule has 8 heteroatoms. The number of amides is 2. The smallest absolute Gasteiger partial charge is 0.267 e. The van der Waals surface area contributed by atoms with E-state index in [1.54, 1.807) is 0 Å². The van der Waals surface area contributed by atoms with Crippen molar-refractivity contribution in [3.8, 4) is 5.75 Å². The summed E-state index contributed by atoms with van der Waals surface area (Å²) in [7, 11) is 0. The summed E-state index contributed by atoms with van der Waals surface area (Å²) < 4.78 is 0. The number of aliphatic hydroxyl groups is 1. The third kappa shape index (κ3) is 3.09. The Hall–Kier alpha value is -1.50. The third-order valence-corrected chi connectivity index (χ3v) is 3.33. The van der Waals surface area contributed by atoms with Gasteiger partial charge in [-0.1, -0.05) is 23.2 Å². The van der Waals surface area contributed by atoms with Crippen LogP contribution in [0.3, 0.4) is 0 Å². The van der Waals surface area contributed by atoms with E-state index >= 15 is 0 Å². The second-order valence-corrected chi connectivity index (χ2v) is 4.75. The zero-order valence-corrected chi connectivity index (χ0v) is 11.0. The van der Waals surface area contributed by atoms with E-state index in [-0.39, 0.29) is 17.3 Å². The highest BCUT2D eigenvalue weighted by atomic mass is 35.5. The summed E-state index contributed by atoms with van der Waals surface area (Å²) in [4.78, 5) is 28.0. The summed E-state index contributed by atoms with van der Waals surface area (Å²) >= 11 is 11.5. The predicted molar refractivity (Wildman–Crippen MR) is 67.7 cm³/mol. The number of β-amino-alcohol motifs (C(OH)–C–C–N with tert-alkyl or cyclic N) is 1. The molecule has 2 rings (SSSR count). The lowest BCUT2D eigenvalue weighted by Gasteiger charge is -2.12. The van der Waals surface area contributed by atoms with Crippen molar-refractivity contribution in [3.63, 3.8) is 0 Å². The van der Waals surface area contributed by atoms with Crippen LogP contribution in [0.15, 0.2) is 18.2 Å². The minimum atomic E-state index is -1.18. The van der Waals surface area contributed by atoms with Gasteiger partial charge in [0.05, 0.1) is 16.1 Å². The molecule has 0 aliphatic carbocycles. The van der Waals surface area contributed by atoms with E-state index in [1.165, 1.54) is 18.2 Å². The Labute approximate surface area is 118 Å². The van der Waals surface area contributed by atoms with Crippen LogP contribution in [0, 0.1) is 5.92 Å². The number of rotatable bonds is 3. The Morgan fingerprint density at radius 1 is 1.42 bits per heavy atom. The molecule has 2 atom stereocenters. The summed E-state index contributed by atoms with van der Waals surface area (Å²) in [5.41, 5.74) is 2.09. The van der Waals surface area contributed by atoms with Crippen LogP contribution in [-0.2, 0) is 9.59 Å². The molecule has 1 saturated heterocycles. The molecular formula is C11H10Cl2N2O4. The fraction of sp³-hybridized carbons (Fsp3) is 0.273. The van der Waals surface area contributed by atoms with Crippen LogP contribution in [0.4, 0.5) is 0 Å². The first kappa shape index (κ1) is 13.9. The highest BCUT2D eigenvalue weighted by Gasteiger charge is 2.39. The van der Waals surface area contributed by atoms with Gasteiger partial charge in [0, 0.05) is 12.6 Å². The Morgan fingerprint density at radius 2 is 2.16 bits per heavy atom. The number of hydrogen-bond donors (Lipinski definition) is 3. The molecule has 1 aromatic rings. The molecule has 0 spiro atoms. The molecule has 2 amide bonds. The molecule has 1 fully saturated rings. The summed E-state index contributed by atoms with van der Waals surface area (Å²) in [6.45, 7) is 0.0453. The highest BCUT2D eigenvalue weighted by Crippen LogP contribution is 2.26. The lowest BCUT2D eigenvalue weighted by Crippen LogP contribution is -2.40. The Kier molecular flexibility index (Phi) is 4.14. The van der Waals surface area contributed by atoms with Gasteiger partial charge >= 0.3 is 0 Å². The maximum absolute atomic E-state index is 11.7. The topological polar surface area (TPSA) is 87.7 Å². The van der Waals surface area contributed by atoms with Gasteiger partial charge in [0.15, 0.2) is 5.75 Å². The van der Waals surface area contributed by atoms with E-state index in [9.17, 15) is 14.7 Å². The first-order valence-corrected chi connectivity index (χ1v) is 6.12. The monoisotopic (exact) mass is 304 g/mol. The quantitative estimate of drug-likeness (QED) is 0.561. The van der Waals surface area contributed by atoms with E-state index in [0.717, 1.165) is 0 Å². The van der Waals surface area contributed by atoms with Gasteiger partial charge in [0.2, 0.25) is 5.91 Å². The molecule has 2 unspecified atom stereocenters. The minimum Gasteiger partial charge on any atom is -0.390 e. The van der Waals surface area contributed by atoms with Crippen molar-refractivity contribution in [2.24, 2.45) is 5.92 Å². The van der Waals surface area contributed by atoms with Gasteiger partial charge in [-0.25, -0.2) is 0 Å². The molecule has 1 aromatic carbocycles. The number of nitrogens with one attached hydrogen (secondary N) is 2. The Bertz CT molecular complexity index is 523. The Morgan fingerprint density at radius 3 is 2.74 bits per heavy atom. The average molecular weight is 305 g/mol. The van der Waals surface area contributed by atoms with Crippen LogP contribution < -0.4 is 15.6 Å². The second-order valence-electron chi connectivity index (χ2n) is 3.93. The molecule has 0 bridgehead atoms. The number of carbonyl (C=O) groups is 2. The zero-order valence-electron chi connectivity index (χ0n) is 9.52. The van der Waals surface area contributed by atoms with E-state index in [0.29, 0.717) is 5.02 Å². The molecule has 1 aliphatic rings. The van der Waals surface area contributed by atoms with Gasteiger partial charge in [0.25, 0.3) is 5.91 Å². The van der Waals surface area contributed by atoms with Crippen LogP contribution in [0.1, 0.15) is 0 Å². The molecule has 0 aromatic heterocycles. The molecule has 6 nitrogen and oxygen atoms in total. The van der Waals surface area contributed by atoms with Crippen LogP contribution in [-0.4, -0.2) is 29.6 Å². The summed E-state index contributed by atoms with van der Waals surface area (Å²) in [5.74, 6) is -2.19. The van der Waals surface area contributed by atoms with E-state index in [1.807, 2.05) is 0 Å². The molecular weight excluding hydrogens is 295 g/mol. The summed E-state index contributed by atoms with van der Waals surface area (Å²) in [5, 5.41) is 12.5. The van der Waals surface area contributed by atoms with Crippen LogP contribution in [0.5, 0.6) is 5.75 Å². The number of aliphatic hydroxyl groups excluding tert-OH is 1. The van der Waals surface area contributed by atoms with Gasteiger partial charge in [0.1, 0.15) is 5.92 Å². The predicted octanol–water partition coefficient (Wildman–Crippen LogP) is 0.510. The van der Waals surface area contributed by atoms with Crippen LogP contribution in [0.2, 0.25) is 10.0 Å². The first-order valence-electron chi connectivity index (χ1n) is 5.36. The van der Waals surface area contributed by atoms with Crippen molar-refractivity contribution >= 4 is 35.0 Å². The first-order chi connectivity index (χ1) is 8.99. The lowest BCUT2D eigenvalue weighted by atomic mass is 10.1. The van der Waals surface area contributed by atoms with Crippen molar-refractivity contribution in [3.05, 3.63) is 28.2 Å². The van der Waals surface area contributed by atoms with Gasteiger partial charge in [-0.15, -0.1) is 0 Å². The average Bonchev–Trinajstić information content (AvgIpc) is 2.70.